The van der Waals surface area contributed by atoms with Crippen LogP contribution in [0.2, 0.25) is 0 Å². The molecule has 35 heavy (non-hydrogen) atoms. The molecule has 0 spiro atoms. The van der Waals surface area contributed by atoms with Crippen molar-refractivity contribution >= 4 is 22.4 Å². The monoisotopic (exact) mass is 495 g/mol. The van der Waals surface area contributed by atoms with Crippen LogP contribution < -0.4 is 9.64 Å². The maximum atomic E-state index is 14.4. The first-order valence-corrected chi connectivity index (χ1v) is 13.2. The topological polar surface area (TPSA) is 38.8 Å². The van der Waals surface area contributed by atoms with Crippen molar-refractivity contribution in [3.63, 3.8) is 0 Å². The van der Waals surface area contributed by atoms with Crippen LogP contribution in [0.1, 0.15) is 24.0 Å². The van der Waals surface area contributed by atoms with E-state index in [1.54, 1.807) is 30.2 Å². The van der Waals surface area contributed by atoms with Crippen LogP contribution in [0.25, 0.3) is 0 Å². The van der Waals surface area contributed by atoms with Gasteiger partial charge in [0.05, 0.1) is 33.3 Å². The van der Waals surface area contributed by atoms with Crippen molar-refractivity contribution in [2.75, 3.05) is 38.2 Å². The summed E-state index contributed by atoms with van der Waals surface area (Å²) in [7, 11) is 1.68. The second kappa shape index (κ2) is 10.4. The smallest absolute Gasteiger partial charge is 0.415 e. The van der Waals surface area contributed by atoms with E-state index in [0.717, 1.165) is 60.7 Å². The van der Waals surface area contributed by atoms with Crippen molar-refractivity contribution in [3.8, 4) is 5.75 Å². The van der Waals surface area contributed by atoms with E-state index in [0.29, 0.717) is 11.5 Å². The van der Waals surface area contributed by atoms with Gasteiger partial charge in [-0.3, -0.25) is 4.90 Å². The van der Waals surface area contributed by atoms with Crippen LogP contribution in [0.3, 0.4) is 0 Å². The second-order valence-corrected chi connectivity index (χ2v) is 10.6. The van der Waals surface area contributed by atoms with Crippen LogP contribution in [-0.2, 0) is 17.7 Å². The number of fused-ring (bicyclic) bond motifs is 3. The molecule has 0 saturated carbocycles. The van der Waals surface area contributed by atoms with E-state index in [4.69, 9.17) is 9.47 Å². The van der Waals surface area contributed by atoms with Crippen LogP contribution in [0.5, 0.6) is 5.75 Å². The molecule has 7 heteroatoms. The molecule has 0 radical (unpaired) electrons. The standard InChI is InChI=1S/C28H32FN2O3S/c1-33-24-10-8-21(9-11-24)12-15-31-16-13-22(14-17-31)26(20-31)34-28(32)30(27-7-4-18-35-27)19-23-5-2-3-6-25(23)29/h2-11,18,22,26H,12-17,19-20H2,1H3/q+1/t22?,26-,31?/m0/s1. The Labute approximate surface area is 210 Å². The highest BCUT2D eigenvalue weighted by atomic mass is 32.1. The molecule has 6 rings (SSSR count). The summed E-state index contributed by atoms with van der Waals surface area (Å²) in [6, 6.07) is 18.7. The number of hydrogen-bond donors (Lipinski definition) is 0. The van der Waals surface area contributed by atoms with Crippen molar-refractivity contribution in [2.24, 2.45) is 5.92 Å². The van der Waals surface area contributed by atoms with Crippen LogP contribution in [0, 0.1) is 11.7 Å². The molecule has 1 aromatic heterocycles. The average molecular weight is 496 g/mol. The number of hydrogen-bond acceptors (Lipinski definition) is 4. The number of halogens is 1. The maximum absolute atomic E-state index is 14.4. The van der Waals surface area contributed by atoms with E-state index < -0.39 is 0 Å². The van der Waals surface area contributed by atoms with Gasteiger partial charge in [0.25, 0.3) is 0 Å². The molecule has 1 atom stereocenters. The molecular formula is C28H32FN2O3S+. The first kappa shape index (κ1) is 23.8. The number of thiophene rings is 1. The predicted octanol–water partition coefficient (Wildman–Crippen LogP) is 5.89. The molecule has 3 saturated heterocycles. The number of carbonyl (C=O) groups is 1. The summed E-state index contributed by atoms with van der Waals surface area (Å²) in [6.07, 6.45) is 2.65. The number of carbonyl (C=O) groups excluding carboxylic acids is 1. The Hall–Kier alpha value is -2.90. The minimum Gasteiger partial charge on any atom is -0.497 e. The Morgan fingerprint density at radius 2 is 1.86 bits per heavy atom. The normalized spacial score (nSPS) is 23.1. The van der Waals surface area contributed by atoms with Gasteiger partial charge in [0.1, 0.15) is 23.1 Å². The van der Waals surface area contributed by atoms with E-state index in [1.165, 1.54) is 23.0 Å². The van der Waals surface area contributed by atoms with E-state index in [-0.39, 0.29) is 24.6 Å². The maximum Gasteiger partial charge on any atom is 0.415 e. The van der Waals surface area contributed by atoms with E-state index in [2.05, 4.69) is 12.1 Å². The number of piperidine rings is 3. The Morgan fingerprint density at radius 3 is 2.54 bits per heavy atom. The molecule has 184 valence electrons. The van der Waals surface area contributed by atoms with Gasteiger partial charge >= 0.3 is 6.09 Å². The number of ether oxygens (including phenoxy) is 2. The van der Waals surface area contributed by atoms with Gasteiger partial charge in [0.15, 0.2) is 6.10 Å². The van der Waals surface area contributed by atoms with Crippen LogP contribution in [-0.4, -0.2) is 50.0 Å². The summed E-state index contributed by atoms with van der Waals surface area (Å²) in [5.41, 5.74) is 1.78. The van der Waals surface area contributed by atoms with Gasteiger partial charge in [-0.1, -0.05) is 30.3 Å². The van der Waals surface area contributed by atoms with Crippen molar-refractivity contribution in [1.29, 1.82) is 0 Å². The highest BCUT2D eigenvalue weighted by molar-refractivity contribution is 7.14. The first-order chi connectivity index (χ1) is 17.0. The summed E-state index contributed by atoms with van der Waals surface area (Å²) in [4.78, 5) is 15.0. The number of quaternary nitrogens is 1. The van der Waals surface area contributed by atoms with Gasteiger partial charge in [0.2, 0.25) is 0 Å². The molecule has 3 aliphatic heterocycles. The molecule has 3 aliphatic rings. The summed E-state index contributed by atoms with van der Waals surface area (Å²) in [5.74, 6) is 0.962. The van der Waals surface area contributed by atoms with E-state index >= 15 is 0 Å². The summed E-state index contributed by atoms with van der Waals surface area (Å²) < 4.78 is 26.8. The average Bonchev–Trinajstić information content (AvgIpc) is 3.43. The number of methoxy groups -OCH3 is 1. The van der Waals surface area contributed by atoms with Crippen LogP contribution >= 0.6 is 11.3 Å². The van der Waals surface area contributed by atoms with Crippen LogP contribution in [0.15, 0.2) is 66.0 Å². The van der Waals surface area contributed by atoms with Crippen molar-refractivity contribution in [1.82, 2.24) is 0 Å². The van der Waals surface area contributed by atoms with Gasteiger partial charge in [-0.25, -0.2) is 9.18 Å². The zero-order valence-corrected chi connectivity index (χ0v) is 20.9. The molecule has 2 bridgehead atoms. The fourth-order valence-electron chi connectivity index (χ4n) is 5.47. The molecule has 1 amide bonds. The predicted molar refractivity (Wildman–Crippen MR) is 136 cm³/mol. The van der Waals surface area contributed by atoms with Gasteiger partial charge < -0.3 is 14.0 Å². The zero-order chi connectivity index (χ0) is 24.3. The molecule has 3 fully saturated rings. The molecule has 4 heterocycles. The van der Waals surface area contributed by atoms with Crippen molar-refractivity contribution in [3.05, 3.63) is 83.0 Å². The van der Waals surface area contributed by atoms with Gasteiger partial charge in [-0.05, 0) is 41.3 Å². The Morgan fingerprint density at radius 1 is 1.09 bits per heavy atom. The lowest BCUT2D eigenvalue weighted by atomic mass is 9.83. The van der Waals surface area contributed by atoms with Gasteiger partial charge in [-0.2, -0.15) is 0 Å². The lowest BCUT2D eigenvalue weighted by Gasteiger charge is -2.52. The Balaban J connectivity index is 1.26. The quantitative estimate of drug-likeness (QED) is 0.366. The van der Waals surface area contributed by atoms with E-state index in [1.807, 2.05) is 29.6 Å². The highest BCUT2D eigenvalue weighted by Gasteiger charge is 2.47. The first-order valence-electron chi connectivity index (χ1n) is 12.3. The number of anilines is 1. The third kappa shape index (κ3) is 5.36. The van der Waals surface area contributed by atoms with E-state index in [9.17, 15) is 9.18 Å². The number of amides is 1. The molecule has 0 aliphatic carbocycles. The fraction of sp³-hybridized carbons (Fsp3) is 0.393. The molecule has 5 nitrogen and oxygen atoms in total. The Kier molecular flexibility index (Phi) is 7.07. The number of nitrogens with zero attached hydrogens (tertiary/aromatic N) is 2. The van der Waals surface area contributed by atoms with Crippen molar-refractivity contribution < 1.29 is 23.1 Å². The minimum absolute atomic E-state index is 0.107. The number of rotatable bonds is 8. The second-order valence-electron chi connectivity index (χ2n) is 9.68. The highest BCUT2D eigenvalue weighted by Crippen LogP contribution is 2.37. The lowest BCUT2D eigenvalue weighted by Crippen LogP contribution is -2.65. The minimum atomic E-state index is -0.386. The molecule has 0 unspecified atom stereocenters. The van der Waals surface area contributed by atoms with Crippen LogP contribution in [0.4, 0.5) is 14.2 Å². The summed E-state index contributed by atoms with van der Waals surface area (Å²) in [5, 5.41) is 2.69. The van der Waals surface area contributed by atoms with Gasteiger partial charge in [0, 0.05) is 30.7 Å². The molecule has 2 aromatic carbocycles. The van der Waals surface area contributed by atoms with Crippen molar-refractivity contribution in [2.45, 2.75) is 31.9 Å². The molecule has 3 aromatic rings. The fourth-order valence-corrected chi connectivity index (χ4v) is 6.19. The molecular weight excluding hydrogens is 463 g/mol. The third-order valence-corrected chi connectivity index (χ3v) is 8.50. The SMILES string of the molecule is COc1ccc(CC[N+]23CCC(CC2)[C@@H](OC(=O)N(Cc2ccccc2F)c2cccs2)C3)cc1. The summed E-state index contributed by atoms with van der Waals surface area (Å²) in [6.45, 7) is 4.32. The van der Waals surface area contributed by atoms with Gasteiger partial charge in [-0.15, -0.1) is 11.3 Å². The Bertz CT molecular complexity index is 1130. The largest absolute Gasteiger partial charge is 0.497 e. The molecule has 0 N–H and O–H groups in total. The summed E-state index contributed by atoms with van der Waals surface area (Å²) >= 11 is 1.46. The lowest BCUT2D eigenvalue weighted by molar-refractivity contribution is -0.945. The third-order valence-electron chi connectivity index (χ3n) is 7.61. The zero-order valence-electron chi connectivity index (χ0n) is 20.1. The number of benzene rings is 2.